The van der Waals surface area contributed by atoms with Crippen molar-refractivity contribution < 1.29 is 14.2 Å². The summed E-state index contributed by atoms with van der Waals surface area (Å²) in [6.07, 6.45) is 0.552. The van der Waals surface area contributed by atoms with Crippen molar-refractivity contribution in [2.24, 2.45) is 5.92 Å². The van der Waals surface area contributed by atoms with Crippen LogP contribution in [0.2, 0.25) is 0 Å². The first-order valence-corrected chi connectivity index (χ1v) is 12.0. The van der Waals surface area contributed by atoms with Crippen LogP contribution in [0.1, 0.15) is 20.3 Å². The van der Waals surface area contributed by atoms with Gasteiger partial charge in [0.05, 0.1) is 6.07 Å². The third kappa shape index (κ3) is 4.76. The minimum Gasteiger partial charge on any atom is -0.456 e. The van der Waals surface area contributed by atoms with Crippen molar-refractivity contribution in [3.05, 3.63) is 72.1 Å². The van der Waals surface area contributed by atoms with Gasteiger partial charge in [0.2, 0.25) is 5.36 Å². The number of nitrogens with two attached hydrogens (primary N) is 1. The average molecular weight is 462 g/mol. The van der Waals surface area contributed by atoms with Gasteiger partial charge >= 0.3 is 4.32 Å². The summed E-state index contributed by atoms with van der Waals surface area (Å²) in [6.45, 7) is 3.83. The van der Waals surface area contributed by atoms with E-state index in [4.69, 9.17) is 22.4 Å². The Morgan fingerprint density at radius 2 is 1.91 bits per heavy atom. The number of hydrogen-bond acceptors (Lipinski definition) is 5. The topological polar surface area (TPSA) is 70.2 Å². The Labute approximate surface area is 196 Å². The van der Waals surface area contributed by atoms with E-state index in [1.165, 1.54) is 11.8 Å². The molecule has 0 saturated carbocycles. The third-order valence-electron chi connectivity index (χ3n) is 5.42. The van der Waals surface area contributed by atoms with E-state index in [-0.39, 0.29) is 11.7 Å². The highest BCUT2D eigenvalue weighted by atomic mass is 32.2. The van der Waals surface area contributed by atoms with Crippen molar-refractivity contribution in [3.8, 4) is 22.5 Å². The van der Waals surface area contributed by atoms with E-state index < -0.39 is 0 Å². The molecule has 1 aliphatic heterocycles. The molecule has 4 rings (SSSR count). The second kappa shape index (κ2) is 9.67. The first kappa shape index (κ1) is 22.2. The summed E-state index contributed by atoms with van der Waals surface area (Å²) in [5.41, 5.74) is 10.7. The Morgan fingerprint density at radius 3 is 2.66 bits per heavy atom. The fourth-order valence-electron chi connectivity index (χ4n) is 3.70. The Morgan fingerprint density at radius 1 is 1.12 bits per heavy atom. The number of thiocarbonyl (C=S) groups is 1. The molecule has 162 valence electrons. The molecule has 0 fully saturated rings. The molecule has 1 unspecified atom stereocenters. The van der Waals surface area contributed by atoms with Crippen LogP contribution in [0.15, 0.2) is 71.1 Å². The van der Waals surface area contributed by atoms with Crippen LogP contribution in [-0.4, -0.2) is 15.9 Å². The molecule has 2 aliphatic rings. The minimum atomic E-state index is -0.0124. The number of anilines is 1. The quantitative estimate of drug-likeness (QED) is 0.262. The Kier molecular flexibility index (Phi) is 6.72. The molecule has 2 aromatic rings. The normalized spacial score (nSPS) is 12.9. The first-order chi connectivity index (χ1) is 15.5. The molecule has 2 aromatic carbocycles. The van der Waals surface area contributed by atoms with Gasteiger partial charge in [0.25, 0.3) is 0 Å². The molecule has 1 aliphatic carbocycles. The second-order valence-electron chi connectivity index (χ2n) is 7.75. The largest absolute Gasteiger partial charge is 0.456 e. The number of thioether (sulfide) groups is 1. The Bertz CT molecular complexity index is 1330. The zero-order valence-corrected chi connectivity index (χ0v) is 19.7. The highest BCUT2D eigenvalue weighted by Crippen LogP contribution is 2.39. The molecule has 0 aromatic heterocycles. The highest BCUT2D eigenvalue weighted by Gasteiger charge is 2.18. The third-order valence-corrected chi connectivity index (χ3v) is 6.90. The summed E-state index contributed by atoms with van der Waals surface area (Å²) in [6, 6.07) is 22.0. The van der Waals surface area contributed by atoms with Crippen LogP contribution >= 0.6 is 24.0 Å². The maximum absolute atomic E-state index is 11.8. The summed E-state index contributed by atoms with van der Waals surface area (Å²) >= 11 is 6.98. The fraction of sp³-hybridized carbons (Fsp3) is 0.192. The van der Waals surface area contributed by atoms with Crippen LogP contribution in [0.4, 0.5) is 5.69 Å². The SMILES string of the molecule is CCC(=O)C(C)CSC(=S)/[NH+]=c1/ccc2c(-c3ccccc3)c3ccc(N)cc3oc-2c1. The number of benzene rings is 3. The molecular formula is C26H25N2O2S2+. The van der Waals surface area contributed by atoms with E-state index in [9.17, 15) is 4.79 Å². The lowest BCUT2D eigenvalue weighted by molar-refractivity contribution is -0.354. The number of carbonyl (C=O) groups excluding carboxylic acids is 1. The Balaban J connectivity index is 1.77. The van der Waals surface area contributed by atoms with E-state index in [1.807, 2.05) is 62.4 Å². The molecule has 32 heavy (non-hydrogen) atoms. The lowest BCUT2D eigenvalue weighted by Crippen LogP contribution is -2.79. The van der Waals surface area contributed by atoms with E-state index in [0.29, 0.717) is 22.2 Å². The molecule has 6 heteroatoms. The van der Waals surface area contributed by atoms with Gasteiger partial charge in [-0.25, -0.2) is 0 Å². The van der Waals surface area contributed by atoms with Crippen molar-refractivity contribution in [2.75, 3.05) is 11.5 Å². The number of nitrogen functional groups attached to an aromatic ring is 1. The van der Waals surface area contributed by atoms with E-state index in [2.05, 4.69) is 23.2 Å². The number of fused-ring (bicyclic) bond motifs is 2. The fourth-order valence-corrected chi connectivity index (χ4v) is 4.80. The van der Waals surface area contributed by atoms with Crippen molar-refractivity contribution in [1.29, 1.82) is 0 Å². The van der Waals surface area contributed by atoms with Crippen LogP contribution < -0.4 is 16.1 Å². The molecule has 0 saturated heterocycles. The summed E-state index contributed by atoms with van der Waals surface area (Å²) in [5, 5.41) is 1.86. The van der Waals surface area contributed by atoms with E-state index in [1.54, 1.807) is 0 Å². The maximum Gasteiger partial charge on any atom is 0.306 e. The smallest absolute Gasteiger partial charge is 0.306 e. The van der Waals surface area contributed by atoms with Crippen LogP contribution in [0.25, 0.3) is 33.4 Å². The predicted molar refractivity (Wildman–Crippen MR) is 136 cm³/mol. The number of ketones is 1. The van der Waals surface area contributed by atoms with Crippen molar-refractivity contribution in [3.63, 3.8) is 0 Å². The molecule has 1 atom stereocenters. The minimum absolute atomic E-state index is 0.0124. The number of rotatable bonds is 5. The van der Waals surface area contributed by atoms with Gasteiger partial charge in [-0.1, -0.05) is 44.2 Å². The summed E-state index contributed by atoms with van der Waals surface area (Å²) in [4.78, 5) is 15.1. The van der Waals surface area contributed by atoms with Gasteiger partial charge in [0.15, 0.2) is 0 Å². The molecular weight excluding hydrogens is 436 g/mol. The lowest BCUT2D eigenvalue weighted by Gasteiger charge is -2.15. The monoisotopic (exact) mass is 461 g/mol. The van der Waals surface area contributed by atoms with Gasteiger partial charge in [-0.15, -0.1) is 0 Å². The van der Waals surface area contributed by atoms with Gasteiger partial charge in [0, 0.05) is 64.6 Å². The zero-order chi connectivity index (χ0) is 22.7. The van der Waals surface area contributed by atoms with Crippen LogP contribution in [0.3, 0.4) is 0 Å². The van der Waals surface area contributed by atoms with Gasteiger partial charge in [-0.2, -0.15) is 4.99 Å². The number of hydrogen-bond donors (Lipinski definition) is 2. The highest BCUT2D eigenvalue weighted by molar-refractivity contribution is 8.22. The van der Waals surface area contributed by atoms with E-state index in [0.717, 1.165) is 38.8 Å². The van der Waals surface area contributed by atoms with Gasteiger partial charge in [0.1, 0.15) is 17.1 Å². The van der Waals surface area contributed by atoms with E-state index >= 15 is 0 Å². The summed E-state index contributed by atoms with van der Waals surface area (Å²) in [5.74, 6) is 1.65. The molecule has 3 N–H and O–H groups in total. The second-order valence-corrected chi connectivity index (χ2v) is 9.45. The standard InChI is InChI=1S/C26H24N2O2S2/c1-3-22(29)16(2)15-32-26(31)28-19-10-12-21-24(14-19)30-23-13-18(27)9-11-20(23)25(21)17-7-5-4-6-8-17/h4-14,16H,3,15,27H2,1-2H3/p+1/b28-19-. The van der Waals surface area contributed by atoms with Crippen molar-refractivity contribution in [2.45, 2.75) is 20.3 Å². The molecule has 0 spiro atoms. The molecule has 4 nitrogen and oxygen atoms in total. The zero-order valence-electron chi connectivity index (χ0n) is 18.1. The first-order valence-electron chi connectivity index (χ1n) is 10.6. The summed E-state index contributed by atoms with van der Waals surface area (Å²) in [7, 11) is 0. The van der Waals surface area contributed by atoms with Crippen LogP contribution in [0.5, 0.6) is 0 Å². The van der Waals surface area contributed by atoms with Crippen LogP contribution in [0, 0.1) is 5.92 Å². The molecule has 0 radical (unpaired) electrons. The molecule has 1 heterocycles. The Hall–Kier alpha value is -2.96. The maximum atomic E-state index is 11.8. The lowest BCUT2D eigenvalue weighted by atomic mass is 9.94. The number of nitrogens with one attached hydrogen (secondary N) is 1. The number of carbonyl (C=O) groups is 1. The molecule has 0 bridgehead atoms. The van der Waals surface area contributed by atoms with Gasteiger partial charge < -0.3 is 10.2 Å². The van der Waals surface area contributed by atoms with Gasteiger partial charge in [-0.3, -0.25) is 4.79 Å². The van der Waals surface area contributed by atoms with Gasteiger partial charge in [-0.05, 0) is 35.5 Å². The summed E-state index contributed by atoms with van der Waals surface area (Å²) < 4.78 is 6.87. The van der Waals surface area contributed by atoms with Crippen molar-refractivity contribution in [1.82, 2.24) is 0 Å². The predicted octanol–water partition coefficient (Wildman–Crippen LogP) is 4.40. The average Bonchev–Trinajstić information content (AvgIpc) is 2.80. The number of Topliss-reactive ketones (excluding diaryl/α,β-unsaturated/α-hetero) is 1. The van der Waals surface area contributed by atoms with Crippen molar-refractivity contribution >= 4 is 50.7 Å². The molecule has 0 amide bonds. The van der Waals surface area contributed by atoms with Crippen LogP contribution in [-0.2, 0) is 4.79 Å².